The van der Waals surface area contributed by atoms with E-state index in [4.69, 9.17) is 23.7 Å². The lowest BCUT2D eigenvalue weighted by molar-refractivity contribution is -0.144. The summed E-state index contributed by atoms with van der Waals surface area (Å²) < 4.78 is 35.7. The molecule has 3 aromatic carbocycles. The van der Waals surface area contributed by atoms with Crippen molar-refractivity contribution in [2.45, 2.75) is 19.4 Å². The van der Waals surface area contributed by atoms with E-state index in [0.29, 0.717) is 60.5 Å². The first-order valence-electron chi connectivity index (χ1n) is 11.5. The maximum atomic E-state index is 13.2. The van der Waals surface area contributed by atoms with Gasteiger partial charge in [-0.1, -0.05) is 12.1 Å². The van der Waals surface area contributed by atoms with Crippen molar-refractivity contribution in [3.63, 3.8) is 0 Å². The fourth-order valence-electron chi connectivity index (χ4n) is 3.56. The molecule has 1 atom stereocenters. The van der Waals surface area contributed by atoms with Crippen LogP contribution in [0.25, 0.3) is 11.1 Å². The first kappa shape index (κ1) is 24.8. The zero-order valence-corrected chi connectivity index (χ0v) is 20.0. The summed E-state index contributed by atoms with van der Waals surface area (Å²) in [7, 11) is 1.59. The smallest absolute Gasteiger partial charge is 0.344 e. The number of carboxylic acids is 1. The van der Waals surface area contributed by atoms with Crippen LogP contribution in [-0.4, -0.2) is 49.0 Å². The Labute approximate surface area is 207 Å². The number of aliphatic carboxylic acids is 1. The molecule has 1 N–H and O–H groups in total. The van der Waals surface area contributed by atoms with Crippen molar-refractivity contribution in [2.75, 3.05) is 31.7 Å². The van der Waals surface area contributed by atoms with Gasteiger partial charge in [0.2, 0.25) is 0 Å². The van der Waals surface area contributed by atoms with Crippen LogP contribution in [0.1, 0.15) is 12.5 Å². The van der Waals surface area contributed by atoms with Crippen LogP contribution in [0.3, 0.4) is 0 Å². The highest BCUT2D eigenvalue weighted by atomic mass is 19.1. The molecule has 0 saturated carbocycles. The second-order valence-electron chi connectivity index (χ2n) is 8.12. The number of rotatable bonds is 12. The molecule has 0 saturated heterocycles. The lowest BCUT2D eigenvalue weighted by Gasteiger charge is -2.21. The van der Waals surface area contributed by atoms with E-state index in [1.807, 2.05) is 35.2 Å². The standard InChI is InChI=1S/C27H27FN2O6/c1-18(26(31)32)35-23-5-3-4-19(16-23)12-13-30(14-15-34-21-8-6-20(28)7-9-21)27-29-24-17-22(33-2)10-11-25(24)36-27/h3-11,16-18H,12-15H2,1-2H3,(H,31,32). The molecule has 1 aromatic heterocycles. The third-order valence-corrected chi connectivity index (χ3v) is 5.53. The number of halogens is 1. The molecule has 0 radical (unpaired) electrons. The lowest BCUT2D eigenvalue weighted by Crippen LogP contribution is -2.30. The number of carboxylic acid groups (broad SMARTS) is 1. The quantitative estimate of drug-likeness (QED) is 0.296. The van der Waals surface area contributed by atoms with E-state index in [1.54, 1.807) is 31.4 Å². The summed E-state index contributed by atoms with van der Waals surface area (Å²) in [6.45, 7) is 2.83. The molecule has 0 fully saturated rings. The summed E-state index contributed by atoms with van der Waals surface area (Å²) in [4.78, 5) is 17.7. The highest BCUT2D eigenvalue weighted by Gasteiger charge is 2.16. The number of carbonyl (C=O) groups is 1. The lowest BCUT2D eigenvalue weighted by atomic mass is 10.1. The average Bonchev–Trinajstić information content (AvgIpc) is 3.30. The number of benzene rings is 3. The van der Waals surface area contributed by atoms with Crippen LogP contribution in [0.4, 0.5) is 10.4 Å². The van der Waals surface area contributed by atoms with Crippen molar-refractivity contribution in [1.29, 1.82) is 0 Å². The molecular weight excluding hydrogens is 467 g/mol. The molecule has 188 valence electrons. The number of nitrogens with zero attached hydrogens (tertiary/aromatic N) is 2. The van der Waals surface area contributed by atoms with Crippen LogP contribution in [0.15, 0.2) is 71.1 Å². The van der Waals surface area contributed by atoms with Crippen LogP contribution in [-0.2, 0) is 11.2 Å². The van der Waals surface area contributed by atoms with Crippen LogP contribution in [0, 0.1) is 5.82 Å². The first-order chi connectivity index (χ1) is 17.4. The monoisotopic (exact) mass is 494 g/mol. The molecule has 1 unspecified atom stereocenters. The third kappa shape index (κ3) is 6.44. The highest BCUT2D eigenvalue weighted by molar-refractivity contribution is 5.76. The Bertz CT molecular complexity index is 1310. The third-order valence-electron chi connectivity index (χ3n) is 5.53. The number of fused-ring (bicyclic) bond motifs is 1. The van der Waals surface area contributed by atoms with Crippen molar-refractivity contribution >= 4 is 23.1 Å². The summed E-state index contributed by atoms with van der Waals surface area (Å²) in [5, 5.41) is 9.10. The highest BCUT2D eigenvalue weighted by Crippen LogP contribution is 2.26. The van der Waals surface area contributed by atoms with E-state index in [1.165, 1.54) is 19.1 Å². The molecule has 9 heteroatoms. The molecule has 0 aliphatic heterocycles. The maximum absolute atomic E-state index is 13.2. The van der Waals surface area contributed by atoms with Gasteiger partial charge >= 0.3 is 5.97 Å². The maximum Gasteiger partial charge on any atom is 0.344 e. The minimum Gasteiger partial charge on any atom is -0.497 e. The van der Waals surface area contributed by atoms with Gasteiger partial charge < -0.3 is 28.6 Å². The summed E-state index contributed by atoms with van der Waals surface area (Å²) in [5.74, 6) is 0.384. The average molecular weight is 495 g/mol. The van der Waals surface area contributed by atoms with E-state index in [-0.39, 0.29) is 5.82 Å². The first-order valence-corrected chi connectivity index (χ1v) is 11.5. The van der Waals surface area contributed by atoms with Gasteiger partial charge in [0.05, 0.1) is 13.7 Å². The van der Waals surface area contributed by atoms with Crippen molar-refractivity contribution in [1.82, 2.24) is 4.98 Å². The van der Waals surface area contributed by atoms with Crippen molar-refractivity contribution in [2.24, 2.45) is 0 Å². The molecule has 4 rings (SSSR count). The number of methoxy groups -OCH3 is 1. The van der Waals surface area contributed by atoms with E-state index < -0.39 is 12.1 Å². The van der Waals surface area contributed by atoms with Gasteiger partial charge in [0.15, 0.2) is 11.7 Å². The van der Waals surface area contributed by atoms with Gasteiger partial charge in [0.1, 0.15) is 35.2 Å². The van der Waals surface area contributed by atoms with Crippen molar-refractivity contribution in [3.8, 4) is 17.2 Å². The summed E-state index contributed by atoms with van der Waals surface area (Å²) in [6, 6.07) is 19.0. The molecular formula is C27H27FN2O6. The van der Waals surface area contributed by atoms with E-state index in [2.05, 4.69) is 4.98 Å². The Morgan fingerprint density at radius 2 is 1.83 bits per heavy atom. The van der Waals surface area contributed by atoms with Gasteiger partial charge in [0, 0.05) is 12.6 Å². The van der Waals surface area contributed by atoms with Crippen molar-refractivity contribution in [3.05, 3.63) is 78.1 Å². The van der Waals surface area contributed by atoms with Crippen LogP contribution < -0.4 is 19.1 Å². The van der Waals surface area contributed by atoms with Gasteiger partial charge in [-0.3, -0.25) is 0 Å². The molecule has 4 aromatic rings. The molecule has 0 aliphatic carbocycles. The molecule has 0 amide bonds. The fourth-order valence-corrected chi connectivity index (χ4v) is 3.56. The number of aromatic nitrogens is 1. The zero-order chi connectivity index (χ0) is 25.5. The Hall–Kier alpha value is -4.27. The summed E-state index contributed by atoms with van der Waals surface area (Å²) >= 11 is 0. The van der Waals surface area contributed by atoms with Gasteiger partial charge in [-0.25, -0.2) is 9.18 Å². The number of hydrogen-bond donors (Lipinski definition) is 1. The van der Waals surface area contributed by atoms with Crippen LogP contribution >= 0.6 is 0 Å². The molecule has 0 aliphatic rings. The number of ether oxygens (including phenoxy) is 3. The largest absolute Gasteiger partial charge is 0.497 e. The van der Waals surface area contributed by atoms with Crippen LogP contribution in [0.2, 0.25) is 0 Å². The van der Waals surface area contributed by atoms with Gasteiger partial charge in [-0.2, -0.15) is 4.98 Å². The SMILES string of the molecule is COc1ccc2oc(N(CCOc3ccc(F)cc3)CCc3cccc(OC(C)C(=O)O)c3)nc2c1. The Morgan fingerprint density at radius 1 is 1.06 bits per heavy atom. The van der Waals surface area contributed by atoms with E-state index in [9.17, 15) is 9.18 Å². The number of anilines is 1. The minimum atomic E-state index is -1.03. The van der Waals surface area contributed by atoms with Gasteiger partial charge in [-0.15, -0.1) is 0 Å². The normalized spacial score (nSPS) is 11.8. The summed E-state index contributed by atoms with van der Waals surface area (Å²) in [6.07, 6.45) is -0.325. The topological polar surface area (TPSA) is 94.3 Å². The second-order valence-corrected chi connectivity index (χ2v) is 8.12. The Morgan fingerprint density at radius 3 is 2.58 bits per heavy atom. The Kier molecular flexibility index (Phi) is 7.89. The molecule has 0 spiro atoms. The second kappa shape index (κ2) is 11.4. The molecule has 8 nitrogen and oxygen atoms in total. The Balaban J connectivity index is 1.48. The fraction of sp³-hybridized carbons (Fsp3) is 0.259. The molecule has 0 bridgehead atoms. The molecule has 36 heavy (non-hydrogen) atoms. The van der Waals surface area contributed by atoms with Gasteiger partial charge in [-0.05, 0) is 67.4 Å². The van der Waals surface area contributed by atoms with E-state index >= 15 is 0 Å². The number of hydrogen-bond acceptors (Lipinski definition) is 7. The van der Waals surface area contributed by atoms with E-state index in [0.717, 1.165) is 5.56 Å². The van der Waals surface area contributed by atoms with Gasteiger partial charge in [0.25, 0.3) is 6.01 Å². The predicted octanol–water partition coefficient (Wildman–Crippen LogP) is 4.96. The minimum absolute atomic E-state index is 0.324. The predicted molar refractivity (Wildman–Crippen MR) is 133 cm³/mol. The molecule has 1 heterocycles. The van der Waals surface area contributed by atoms with Crippen molar-refractivity contribution < 1.29 is 32.9 Å². The zero-order valence-electron chi connectivity index (χ0n) is 20.0. The van der Waals surface area contributed by atoms with Crippen LogP contribution in [0.5, 0.6) is 17.2 Å². The number of oxazole rings is 1. The summed E-state index contributed by atoms with van der Waals surface area (Å²) in [5.41, 5.74) is 2.27.